The van der Waals surface area contributed by atoms with Gasteiger partial charge in [-0.15, -0.1) is 16.4 Å². The molecule has 31 heavy (non-hydrogen) atoms. The quantitative estimate of drug-likeness (QED) is 0.363. The highest BCUT2D eigenvalue weighted by atomic mass is 35.5. The average Bonchev–Trinajstić information content (AvgIpc) is 3.35. The van der Waals surface area contributed by atoms with Crippen molar-refractivity contribution in [3.63, 3.8) is 0 Å². The molecule has 2 heterocycles. The molecule has 0 radical (unpaired) electrons. The van der Waals surface area contributed by atoms with E-state index in [-0.39, 0.29) is 11.0 Å². The van der Waals surface area contributed by atoms with E-state index < -0.39 is 5.91 Å². The fraction of sp³-hybridized carbons (Fsp3) is 0.0952. The zero-order valence-electron chi connectivity index (χ0n) is 16.3. The van der Waals surface area contributed by atoms with E-state index in [0.717, 1.165) is 22.6 Å². The van der Waals surface area contributed by atoms with Crippen LogP contribution < -0.4 is 15.8 Å². The van der Waals surface area contributed by atoms with Crippen molar-refractivity contribution < 1.29 is 9.53 Å². The number of primary amides is 1. The van der Waals surface area contributed by atoms with Gasteiger partial charge >= 0.3 is 0 Å². The molecule has 0 aliphatic rings. The molecular formula is C21H17Cl2N5O2S. The van der Waals surface area contributed by atoms with Crippen LogP contribution in [0.15, 0.2) is 60.9 Å². The summed E-state index contributed by atoms with van der Waals surface area (Å²) in [6, 6.07) is 16.3. The summed E-state index contributed by atoms with van der Waals surface area (Å²) in [5.41, 5.74) is 7.13. The number of aromatic nitrogens is 3. The summed E-state index contributed by atoms with van der Waals surface area (Å²) in [7, 11) is 0. The van der Waals surface area contributed by atoms with Gasteiger partial charge in [-0.2, -0.15) is 4.98 Å². The first kappa shape index (κ1) is 21.2. The summed E-state index contributed by atoms with van der Waals surface area (Å²) in [6.45, 7) is 1.85. The van der Waals surface area contributed by atoms with Crippen molar-refractivity contribution in [1.29, 1.82) is 0 Å². The normalized spacial score (nSPS) is 11.8. The van der Waals surface area contributed by atoms with Crippen molar-refractivity contribution >= 4 is 52.1 Å². The summed E-state index contributed by atoms with van der Waals surface area (Å²) in [5.74, 6) is 0.151. The molecule has 0 saturated carbocycles. The van der Waals surface area contributed by atoms with E-state index in [1.54, 1.807) is 24.3 Å². The SMILES string of the molecule is CC(Oc1cc(-n2cnc(Nc3cccc(Cl)c3)n2)sc1C(N)=O)c1ccccc1Cl. The maximum atomic E-state index is 12.0. The number of nitrogens with one attached hydrogen (secondary N) is 1. The number of nitrogens with two attached hydrogens (primary N) is 1. The van der Waals surface area contributed by atoms with E-state index in [1.165, 1.54) is 11.0 Å². The zero-order valence-corrected chi connectivity index (χ0v) is 18.6. The van der Waals surface area contributed by atoms with Crippen molar-refractivity contribution in [1.82, 2.24) is 14.8 Å². The standard InChI is InChI=1S/C21H17Cl2N5O2S/c1-12(15-7-2-3-8-16(15)23)30-17-10-18(31-19(17)20(24)29)28-11-25-21(27-28)26-14-6-4-5-13(22)9-14/h2-12H,1H3,(H2,24,29)(H,26,27). The van der Waals surface area contributed by atoms with Crippen LogP contribution in [0, 0.1) is 0 Å². The molecule has 0 spiro atoms. The van der Waals surface area contributed by atoms with Crippen LogP contribution in [-0.2, 0) is 0 Å². The second kappa shape index (κ2) is 8.97. The van der Waals surface area contributed by atoms with Crippen LogP contribution in [-0.4, -0.2) is 20.7 Å². The van der Waals surface area contributed by atoms with E-state index in [9.17, 15) is 4.79 Å². The minimum absolute atomic E-state index is 0.286. The third-order valence-corrected chi connectivity index (χ3v) is 6.05. The minimum atomic E-state index is -0.588. The highest BCUT2D eigenvalue weighted by Crippen LogP contribution is 2.35. The fourth-order valence-electron chi connectivity index (χ4n) is 2.91. The number of halogens is 2. The Hall–Kier alpha value is -3.07. The second-order valence-electron chi connectivity index (χ2n) is 6.57. The van der Waals surface area contributed by atoms with Crippen LogP contribution in [0.1, 0.15) is 28.3 Å². The van der Waals surface area contributed by atoms with Gasteiger partial charge in [-0.25, -0.2) is 4.68 Å². The van der Waals surface area contributed by atoms with Gasteiger partial charge in [0.05, 0.1) is 0 Å². The Balaban J connectivity index is 1.58. The molecule has 0 aliphatic carbocycles. The lowest BCUT2D eigenvalue weighted by Gasteiger charge is -2.16. The lowest BCUT2D eigenvalue weighted by atomic mass is 10.1. The fourth-order valence-corrected chi connectivity index (χ4v) is 4.26. The lowest BCUT2D eigenvalue weighted by molar-refractivity contribution is 0.0998. The van der Waals surface area contributed by atoms with Crippen molar-refractivity contribution in [2.75, 3.05) is 5.32 Å². The Morgan fingerprint density at radius 3 is 2.74 bits per heavy atom. The molecule has 4 rings (SSSR count). The maximum absolute atomic E-state index is 12.0. The minimum Gasteiger partial charge on any atom is -0.484 e. The topological polar surface area (TPSA) is 95.1 Å². The van der Waals surface area contributed by atoms with Gasteiger partial charge in [-0.1, -0.05) is 47.5 Å². The van der Waals surface area contributed by atoms with Crippen LogP contribution >= 0.6 is 34.5 Å². The van der Waals surface area contributed by atoms with Gasteiger partial charge in [0.15, 0.2) is 0 Å². The molecule has 158 valence electrons. The van der Waals surface area contributed by atoms with E-state index in [2.05, 4.69) is 15.4 Å². The highest BCUT2D eigenvalue weighted by molar-refractivity contribution is 7.16. The van der Waals surface area contributed by atoms with Gasteiger partial charge in [0, 0.05) is 27.4 Å². The van der Waals surface area contributed by atoms with E-state index in [4.69, 9.17) is 33.7 Å². The molecule has 7 nitrogen and oxygen atoms in total. The molecule has 0 saturated heterocycles. The molecule has 0 aliphatic heterocycles. The summed E-state index contributed by atoms with van der Waals surface area (Å²) in [4.78, 5) is 16.5. The summed E-state index contributed by atoms with van der Waals surface area (Å²) in [5, 5.41) is 9.29. The Kier molecular flexibility index (Phi) is 6.13. The van der Waals surface area contributed by atoms with Gasteiger partial charge in [0.2, 0.25) is 5.95 Å². The smallest absolute Gasteiger partial charge is 0.262 e. The largest absolute Gasteiger partial charge is 0.484 e. The third-order valence-electron chi connectivity index (χ3n) is 4.35. The van der Waals surface area contributed by atoms with Crippen LogP contribution in [0.5, 0.6) is 5.75 Å². The van der Waals surface area contributed by atoms with Gasteiger partial charge < -0.3 is 15.8 Å². The average molecular weight is 474 g/mol. The molecular weight excluding hydrogens is 457 g/mol. The van der Waals surface area contributed by atoms with Crippen LogP contribution in [0.3, 0.4) is 0 Å². The van der Waals surface area contributed by atoms with Crippen molar-refractivity contribution in [3.8, 4) is 10.8 Å². The predicted molar refractivity (Wildman–Crippen MR) is 123 cm³/mol. The van der Waals surface area contributed by atoms with Gasteiger partial charge in [0.25, 0.3) is 5.91 Å². The summed E-state index contributed by atoms with van der Waals surface area (Å²) < 4.78 is 7.56. The molecule has 2 aromatic carbocycles. The van der Waals surface area contributed by atoms with Crippen LogP contribution in [0.25, 0.3) is 5.00 Å². The monoisotopic (exact) mass is 473 g/mol. The van der Waals surface area contributed by atoms with E-state index in [1.807, 2.05) is 37.3 Å². The number of carbonyl (C=O) groups excluding carboxylic acids is 1. The lowest BCUT2D eigenvalue weighted by Crippen LogP contribution is -2.12. The third kappa shape index (κ3) is 4.82. The Morgan fingerprint density at radius 1 is 1.19 bits per heavy atom. The first-order valence-corrected chi connectivity index (χ1v) is 10.8. The Bertz CT molecular complexity index is 1240. The molecule has 1 amide bonds. The highest BCUT2D eigenvalue weighted by Gasteiger charge is 2.20. The van der Waals surface area contributed by atoms with Gasteiger partial charge in [0.1, 0.15) is 28.1 Å². The number of anilines is 2. The number of nitrogens with zero attached hydrogens (tertiary/aromatic N) is 3. The number of ether oxygens (including phenoxy) is 1. The van der Waals surface area contributed by atoms with E-state index >= 15 is 0 Å². The summed E-state index contributed by atoms with van der Waals surface area (Å²) in [6.07, 6.45) is 1.15. The molecule has 0 bridgehead atoms. The number of benzene rings is 2. The van der Waals surface area contributed by atoms with Gasteiger partial charge in [-0.3, -0.25) is 4.79 Å². The maximum Gasteiger partial charge on any atom is 0.262 e. The van der Waals surface area contributed by atoms with E-state index in [0.29, 0.717) is 26.7 Å². The number of carbonyl (C=O) groups is 1. The predicted octanol–water partition coefficient (Wildman–Crippen LogP) is 5.62. The number of amides is 1. The van der Waals surface area contributed by atoms with Crippen LogP contribution in [0.4, 0.5) is 11.6 Å². The number of hydrogen-bond donors (Lipinski definition) is 2. The van der Waals surface area contributed by atoms with Crippen molar-refractivity contribution in [2.24, 2.45) is 5.73 Å². The Morgan fingerprint density at radius 2 is 2.00 bits per heavy atom. The summed E-state index contributed by atoms with van der Waals surface area (Å²) >= 11 is 13.4. The number of hydrogen-bond acceptors (Lipinski definition) is 6. The first-order chi connectivity index (χ1) is 14.9. The molecule has 2 aromatic heterocycles. The van der Waals surface area contributed by atoms with Crippen molar-refractivity contribution in [3.05, 3.63) is 81.4 Å². The van der Waals surface area contributed by atoms with Crippen LogP contribution in [0.2, 0.25) is 10.0 Å². The molecule has 3 N–H and O–H groups in total. The number of thiophene rings is 1. The molecule has 1 atom stereocenters. The van der Waals surface area contributed by atoms with Crippen molar-refractivity contribution in [2.45, 2.75) is 13.0 Å². The Labute approximate surface area is 192 Å². The first-order valence-electron chi connectivity index (χ1n) is 9.20. The second-order valence-corrected chi connectivity index (χ2v) is 8.45. The molecule has 0 fully saturated rings. The molecule has 10 heteroatoms. The van der Waals surface area contributed by atoms with Gasteiger partial charge in [-0.05, 0) is 31.2 Å². The molecule has 4 aromatic rings. The number of rotatable bonds is 7. The zero-order chi connectivity index (χ0) is 22.0. The molecule has 1 unspecified atom stereocenters.